The third kappa shape index (κ3) is 3.39. The molecule has 1 fully saturated rings. The van der Waals surface area contributed by atoms with Crippen molar-refractivity contribution in [2.45, 2.75) is 11.6 Å². The molecule has 1 atom stereocenters. The number of alkyl halides is 3. The van der Waals surface area contributed by atoms with E-state index in [4.69, 9.17) is 11.6 Å². The molecule has 1 amide bonds. The van der Waals surface area contributed by atoms with Gasteiger partial charge in [0.15, 0.2) is 0 Å². The van der Waals surface area contributed by atoms with Crippen molar-refractivity contribution >= 4 is 29.3 Å². The van der Waals surface area contributed by atoms with Crippen LogP contribution in [0.5, 0.6) is 0 Å². The number of halogens is 4. The number of nitrogens with zero attached hydrogens (tertiary/aromatic N) is 1. The number of carbonyl (C=O) groups excluding carboxylic acids is 1. The molecule has 1 unspecified atom stereocenters. The summed E-state index contributed by atoms with van der Waals surface area (Å²) in [5.41, 5.74) is 0.115. The van der Waals surface area contributed by atoms with Crippen LogP contribution >= 0.6 is 23.4 Å². The molecule has 0 spiro atoms. The van der Waals surface area contributed by atoms with Gasteiger partial charge in [-0.1, -0.05) is 35.9 Å². The first-order valence-electron chi connectivity index (χ1n) is 7.22. The molecule has 3 rings (SSSR count). The molecular formula is C17H13ClF3NOS. The first-order chi connectivity index (χ1) is 11.4. The first kappa shape index (κ1) is 17.2. The molecule has 1 aliphatic heterocycles. The molecule has 126 valence electrons. The molecule has 0 saturated carbocycles. The standard InChI is InChI=1S/C17H13ClF3NOS/c18-14-7-2-1-6-13(14)15(23)22-8-9-24-16(22)11-4-3-5-12(10-11)17(19,20)21/h1-7,10,16H,8-9H2. The van der Waals surface area contributed by atoms with E-state index in [-0.39, 0.29) is 5.91 Å². The molecule has 1 saturated heterocycles. The first-order valence-corrected chi connectivity index (χ1v) is 8.65. The van der Waals surface area contributed by atoms with Crippen molar-refractivity contribution < 1.29 is 18.0 Å². The molecule has 2 aromatic rings. The van der Waals surface area contributed by atoms with Crippen molar-refractivity contribution in [1.29, 1.82) is 0 Å². The lowest BCUT2D eigenvalue weighted by atomic mass is 10.1. The van der Waals surface area contributed by atoms with E-state index in [1.165, 1.54) is 17.8 Å². The maximum atomic E-state index is 12.9. The molecule has 0 N–H and O–H groups in total. The van der Waals surface area contributed by atoms with Gasteiger partial charge in [-0.15, -0.1) is 11.8 Å². The fourth-order valence-electron chi connectivity index (χ4n) is 2.61. The highest BCUT2D eigenvalue weighted by Crippen LogP contribution is 2.41. The van der Waals surface area contributed by atoms with E-state index in [9.17, 15) is 18.0 Å². The van der Waals surface area contributed by atoms with Gasteiger partial charge in [-0.25, -0.2) is 0 Å². The zero-order valence-corrected chi connectivity index (χ0v) is 14.0. The predicted molar refractivity (Wildman–Crippen MR) is 89.1 cm³/mol. The number of thioether (sulfide) groups is 1. The van der Waals surface area contributed by atoms with Gasteiger partial charge in [-0.05, 0) is 29.8 Å². The molecule has 0 bridgehead atoms. The van der Waals surface area contributed by atoms with Crippen molar-refractivity contribution in [3.8, 4) is 0 Å². The summed E-state index contributed by atoms with van der Waals surface area (Å²) in [5.74, 6) is 0.393. The smallest absolute Gasteiger partial charge is 0.322 e. The van der Waals surface area contributed by atoms with Gasteiger partial charge in [0.1, 0.15) is 5.37 Å². The van der Waals surface area contributed by atoms with Gasteiger partial charge in [0.2, 0.25) is 0 Å². The molecule has 0 aromatic heterocycles. The van der Waals surface area contributed by atoms with Crippen LogP contribution in [0.2, 0.25) is 5.02 Å². The van der Waals surface area contributed by atoms with Crippen LogP contribution in [0.25, 0.3) is 0 Å². The largest absolute Gasteiger partial charge is 0.416 e. The normalized spacial score (nSPS) is 18.0. The third-order valence-electron chi connectivity index (χ3n) is 3.76. The Labute approximate surface area is 146 Å². The Bertz CT molecular complexity index is 765. The zero-order valence-electron chi connectivity index (χ0n) is 12.4. The lowest BCUT2D eigenvalue weighted by Gasteiger charge is -2.25. The Hall–Kier alpha value is -1.66. The summed E-state index contributed by atoms with van der Waals surface area (Å²) in [5, 5.41) is -0.113. The van der Waals surface area contributed by atoms with Crippen molar-refractivity contribution in [3.63, 3.8) is 0 Å². The maximum Gasteiger partial charge on any atom is 0.416 e. The molecular weight excluding hydrogens is 359 g/mol. The summed E-state index contributed by atoms with van der Waals surface area (Å²) in [6.07, 6.45) is -4.41. The summed E-state index contributed by atoms with van der Waals surface area (Å²) in [7, 11) is 0. The fourth-order valence-corrected chi connectivity index (χ4v) is 4.07. The van der Waals surface area contributed by atoms with E-state index >= 15 is 0 Å². The molecule has 1 heterocycles. The van der Waals surface area contributed by atoms with Crippen LogP contribution in [0.3, 0.4) is 0 Å². The topological polar surface area (TPSA) is 20.3 Å². The van der Waals surface area contributed by atoms with Gasteiger partial charge >= 0.3 is 6.18 Å². The fraction of sp³-hybridized carbons (Fsp3) is 0.235. The minimum absolute atomic E-state index is 0.270. The van der Waals surface area contributed by atoms with Gasteiger partial charge in [0.25, 0.3) is 5.91 Å². The predicted octanol–water partition coefficient (Wildman–Crippen LogP) is 5.25. The quantitative estimate of drug-likeness (QED) is 0.719. The summed E-state index contributed by atoms with van der Waals surface area (Å²) in [6, 6.07) is 11.8. The SMILES string of the molecule is O=C(c1ccccc1Cl)N1CCSC1c1cccc(C(F)(F)F)c1. The Morgan fingerprint density at radius 1 is 1.17 bits per heavy atom. The van der Waals surface area contributed by atoms with Crippen LogP contribution in [-0.4, -0.2) is 23.1 Å². The van der Waals surface area contributed by atoms with E-state index in [2.05, 4.69) is 0 Å². The second kappa shape index (κ2) is 6.69. The number of amides is 1. The second-order valence-corrected chi connectivity index (χ2v) is 6.92. The summed E-state index contributed by atoms with van der Waals surface area (Å²) in [6.45, 7) is 0.468. The summed E-state index contributed by atoms with van der Waals surface area (Å²) >= 11 is 7.52. The minimum Gasteiger partial charge on any atom is -0.322 e. The van der Waals surface area contributed by atoms with Gasteiger partial charge in [0, 0.05) is 12.3 Å². The van der Waals surface area contributed by atoms with Crippen molar-refractivity contribution in [1.82, 2.24) is 4.90 Å². The average molecular weight is 372 g/mol. The van der Waals surface area contributed by atoms with Crippen LogP contribution in [0, 0.1) is 0 Å². The summed E-state index contributed by atoms with van der Waals surface area (Å²) < 4.78 is 38.8. The molecule has 2 aromatic carbocycles. The number of hydrogen-bond acceptors (Lipinski definition) is 2. The Morgan fingerprint density at radius 2 is 1.92 bits per heavy atom. The van der Waals surface area contributed by atoms with Crippen molar-refractivity contribution in [2.24, 2.45) is 0 Å². The van der Waals surface area contributed by atoms with Crippen LogP contribution in [0.4, 0.5) is 13.2 Å². The van der Waals surface area contributed by atoms with E-state index in [1.54, 1.807) is 35.2 Å². The highest BCUT2D eigenvalue weighted by atomic mass is 35.5. The third-order valence-corrected chi connectivity index (χ3v) is 5.35. The second-order valence-electron chi connectivity index (χ2n) is 5.32. The molecule has 24 heavy (non-hydrogen) atoms. The average Bonchev–Trinajstić information content (AvgIpc) is 3.03. The molecule has 1 aliphatic rings. The van der Waals surface area contributed by atoms with Gasteiger partial charge in [-0.3, -0.25) is 4.79 Å². The molecule has 2 nitrogen and oxygen atoms in total. The Morgan fingerprint density at radius 3 is 2.62 bits per heavy atom. The molecule has 0 radical (unpaired) electrons. The van der Waals surface area contributed by atoms with Crippen LogP contribution < -0.4 is 0 Å². The zero-order chi connectivity index (χ0) is 17.3. The van der Waals surface area contributed by atoms with E-state index in [1.807, 2.05) is 0 Å². The highest BCUT2D eigenvalue weighted by Gasteiger charge is 2.35. The summed E-state index contributed by atoms with van der Waals surface area (Å²) in [4.78, 5) is 14.3. The molecule has 7 heteroatoms. The van der Waals surface area contributed by atoms with Crippen molar-refractivity contribution in [3.05, 3.63) is 70.2 Å². The van der Waals surface area contributed by atoms with Gasteiger partial charge in [-0.2, -0.15) is 13.2 Å². The Balaban J connectivity index is 1.92. The van der Waals surface area contributed by atoms with E-state index in [0.29, 0.717) is 28.4 Å². The lowest BCUT2D eigenvalue weighted by Crippen LogP contribution is -2.30. The van der Waals surface area contributed by atoms with Crippen molar-refractivity contribution in [2.75, 3.05) is 12.3 Å². The van der Waals surface area contributed by atoms with Gasteiger partial charge in [0.05, 0.1) is 16.1 Å². The highest BCUT2D eigenvalue weighted by molar-refractivity contribution is 7.99. The van der Waals surface area contributed by atoms with Crippen LogP contribution in [-0.2, 0) is 6.18 Å². The van der Waals surface area contributed by atoms with Crippen LogP contribution in [0.1, 0.15) is 26.9 Å². The maximum absolute atomic E-state index is 12.9. The van der Waals surface area contributed by atoms with Crippen LogP contribution in [0.15, 0.2) is 48.5 Å². The number of hydrogen-bond donors (Lipinski definition) is 0. The van der Waals surface area contributed by atoms with E-state index in [0.717, 1.165) is 12.1 Å². The van der Waals surface area contributed by atoms with E-state index < -0.39 is 17.1 Å². The monoisotopic (exact) mass is 371 g/mol. The minimum atomic E-state index is -4.41. The number of benzene rings is 2. The molecule has 0 aliphatic carbocycles. The Kier molecular flexibility index (Phi) is 4.78. The lowest BCUT2D eigenvalue weighted by molar-refractivity contribution is -0.137. The van der Waals surface area contributed by atoms with Gasteiger partial charge < -0.3 is 4.90 Å². The number of carbonyl (C=O) groups is 1. The number of rotatable bonds is 2.